The van der Waals surface area contributed by atoms with Crippen molar-refractivity contribution in [1.82, 2.24) is 4.98 Å². The van der Waals surface area contributed by atoms with E-state index in [1.165, 1.54) is 65.7 Å². The van der Waals surface area contributed by atoms with Crippen molar-refractivity contribution >= 4 is 37.9 Å². The molecular formula is C41H31N. The van der Waals surface area contributed by atoms with Gasteiger partial charge >= 0.3 is 0 Å². The fourth-order valence-corrected chi connectivity index (χ4v) is 6.93. The average Bonchev–Trinajstić information content (AvgIpc) is 3.07. The second kappa shape index (κ2) is 10.4. The molecule has 1 heterocycles. The van der Waals surface area contributed by atoms with Gasteiger partial charge < -0.3 is 0 Å². The van der Waals surface area contributed by atoms with Crippen molar-refractivity contribution in [1.29, 1.82) is 0 Å². The Bertz CT molecular complexity index is 2030. The molecule has 0 radical (unpaired) electrons. The van der Waals surface area contributed by atoms with Gasteiger partial charge in [-0.05, 0) is 96.7 Å². The fourth-order valence-electron chi connectivity index (χ4n) is 6.93. The molecule has 1 nitrogen and oxygen atoms in total. The Balaban J connectivity index is 1.21. The summed E-state index contributed by atoms with van der Waals surface area (Å²) in [5.74, 6) is 0.781. The van der Waals surface area contributed by atoms with Gasteiger partial charge in [0.2, 0.25) is 0 Å². The SMILES string of the molecule is C1=CCC(c2c3ccccc3c(-c3ccc4cc(C5=CCC(c6cccnc6)C=C5)ccc4c3)c3ccccc23)C=C1. The molecule has 2 aliphatic rings. The predicted molar refractivity (Wildman–Crippen MR) is 179 cm³/mol. The zero-order valence-corrected chi connectivity index (χ0v) is 23.4. The first-order valence-corrected chi connectivity index (χ1v) is 14.9. The van der Waals surface area contributed by atoms with E-state index in [-0.39, 0.29) is 0 Å². The number of hydrogen-bond donors (Lipinski definition) is 0. The number of nitrogens with zero attached hydrogens (tertiary/aromatic N) is 1. The highest BCUT2D eigenvalue weighted by Gasteiger charge is 2.20. The smallest absolute Gasteiger partial charge is 0.0305 e. The van der Waals surface area contributed by atoms with E-state index < -0.39 is 0 Å². The molecule has 0 saturated heterocycles. The Morgan fingerprint density at radius 2 is 1.31 bits per heavy atom. The average molecular weight is 538 g/mol. The van der Waals surface area contributed by atoms with E-state index in [9.17, 15) is 0 Å². The van der Waals surface area contributed by atoms with Crippen molar-refractivity contribution in [3.05, 3.63) is 169 Å². The number of hydrogen-bond acceptors (Lipinski definition) is 1. The van der Waals surface area contributed by atoms with E-state index in [0.717, 1.165) is 12.8 Å². The van der Waals surface area contributed by atoms with Crippen LogP contribution in [-0.2, 0) is 0 Å². The maximum atomic E-state index is 4.30. The lowest BCUT2D eigenvalue weighted by Gasteiger charge is -2.22. The van der Waals surface area contributed by atoms with Gasteiger partial charge in [-0.1, -0.05) is 121 Å². The van der Waals surface area contributed by atoms with Gasteiger partial charge in [0.25, 0.3) is 0 Å². The van der Waals surface area contributed by atoms with Crippen LogP contribution in [0.1, 0.15) is 41.4 Å². The molecule has 200 valence electrons. The highest BCUT2D eigenvalue weighted by atomic mass is 14.6. The van der Waals surface area contributed by atoms with Gasteiger partial charge in [0, 0.05) is 24.2 Å². The Morgan fingerprint density at radius 1 is 0.595 bits per heavy atom. The lowest BCUT2D eigenvalue weighted by molar-refractivity contribution is 0.849. The third kappa shape index (κ3) is 4.30. The molecule has 0 N–H and O–H groups in total. The van der Waals surface area contributed by atoms with Gasteiger partial charge in [-0.25, -0.2) is 0 Å². The van der Waals surface area contributed by atoms with Gasteiger partial charge in [-0.3, -0.25) is 4.98 Å². The normalized spacial score (nSPS) is 18.1. The van der Waals surface area contributed by atoms with Gasteiger partial charge in [0.05, 0.1) is 0 Å². The predicted octanol–water partition coefficient (Wildman–Crippen LogP) is 10.9. The van der Waals surface area contributed by atoms with Crippen LogP contribution in [0, 0.1) is 0 Å². The highest BCUT2D eigenvalue weighted by Crippen LogP contribution is 2.44. The highest BCUT2D eigenvalue weighted by molar-refractivity contribution is 6.16. The largest absolute Gasteiger partial charge is 0.264 e. The second-order valence-corrected chi connectivity index (χ2v) is 11.5. The Hall–Kier alpha value is -5.01. The van der Waals surface area contributed by atoms with E-state index in [1.807, 2.05) is 18.5 Å². The van der Waals surface area contributed by atoms with Crippen molar-refractivity contribution in [2.24, 2.45) is 0 Å². The third-order valence-electron chi connectivity index (χ3n) is 9.00. The number of pyridine rings is 1. The summed E-state index contributed by atoms with van der Waals surface area (Å²) in [5.41, 5.74) is 7.87. The summed E-state index contributed by atoms with van der Waals surface area (Å²) in [7, 11) is 0. The van der Waals surface area contributed by atoms with Gasteiger partial charge in [0.1, 0.15) is 0 Å². The molecule has 0 bridgehead atoms. The quantitative estimate of drug-likeness (QED) is 0.204. The first-order chi connectivity index (χ1) is 20.8. The summed E-state index contributed by atoms with van der Waals surface area (Å²) < 4.78 is 0. The third-order valence-corrected chi connectivity index (χ3v) is 9.00. The molecule has 0 aliphatic heterocycles. The molecule has 1 aromatic heterocycles. The zero-order valence-electron chi connectivity index (χ0n) is 23.4. The second-order valence-electron chi connectivity index (χ2n) is 11.5. The number of rotatable bonds is 4. The van der Waals surface area contributed by atoms with Crippen LogP contribution in [0.4, 0.5) is 0 Å². The maximum Gasteiger partial charge on any atom is 0.0305 e. The van der Waals surface area contributed by atoms with Crippen molar-refractivity contribution in [3.63, 3.8) is 0 Å². The van der Waals surface area contributed by atoms with Crippen LogP contribution < -0.4 is 0 Å². The van der Waals surface area contributed by atoms with Crippen LogP contribution in [0.15, 0.2) is 152 Å². The molecule has 2 aliphatic carbocycles. The molecule has 6 aromatic rings. The summed E-state index contributed by atoms with van der Waals surface area (Å²) >= 11 is 0. The summed E-state index contributed by atoms with van der Waals surface area (Å²) in [6.07, 6.45) is 21.8. The fraction of sp³-hybridized carbons (Fsp3) is 0.0976. The van der Waals surface area contributed by atoms with Crippen molar-refractivity contribution in [3.8, 4) is 11.1 Å². The molecule has 1 heteroatoms. The van der Waals surface area contributed by atoms with Crippen LogP contribution >= 0.6 is 0 Å². The Morgan fingerprint density at radius 3 is 1.95 bits per heavy atom. The Labute approximate surface area is 246 Å². The van der Waals surface area contributed by atoms with Gasteiger partial charge in [-0.15, -0.1) is 0 Å². The minimum Gasteiger partial charge on any atom is -0.264 e. The lowest BCUT2D eigenvalue weighted by atomic mass is 9.81. The van der Waals surface area contributed by atoms with Crippen molar-refractivity contribution in [2.75, 3.05) is 0 Å². The van der Waals surface area contributed by atoms with Crippen molar-refractivity contribution in [2.45, 2.75) is 24.7 Å². The van der Waals surface area contributed by atoms with Crippen LogP contribution in [0.2, 0.25) is 0 Å². The molecule has 0 amide bonds. The van der Waals surface area contributed by atoms with Crippen LogP contribution in [0.5, 0.6) is 0 Å². The molecular weight excluding hydrogens is 506 g/mol. The molecule has 8 rings (SSSR count). The number of allylic oxidation sites excluding steroid dienone is 8. The van der Waals surface area contributed by atoms with E-state index in [0.29, 0.717) is 11.8 Å². The summed E-state index contributed by atoms with van der Waals surface area (Å²) in [5, 5.41) is 7.89. The first kappa shape index (κ1) is 24.8. The van der Waals surface area contributed by atoms with E-state index >= 15 is 0 Å². The van der Waals surface area contributed by atoms with E-state index in [4.69, 9.17) is 0 Å². The summed E-state index contributed by atoms with van der Waals surface area (Å²) in [6, 6.07) is 36.0. The van der Waals surface area contributed by atoms with Crippen molar-refractivity contribution < 1.29 is 0 Å². The van der Waals surface area contributed by atoms with Crippen LogP contribution in [-0.4, -0.2) is 4.98 Å². The monoisotopic (exact) mass is 537 g/mol. The molecule has 0 saturated carbocycles. The minimum atomic E-state index is 0.386. The molecule has 42 heavy (non-hydrogen) atoms. The molecule has 2 atom stereocenters. The van der Waals surface area contributed by atoms with E-state index in [1.54, 1.807) is 0 Å². The molecule has 0 spiro atoms. The van der Waals surface area contributed by atoms with Crippen LogP contribution in [0.25, 0.3) is 49.0 Å². The topological polar surface area (TPSA) is 12.9 Å². The molecule has 0 fully saturated rings. The van der Waals surface area contributed by atoms with Crippen LogP contribution in [0.3, 0.4) is 0 Å². The summed E-state index contributed by atoms with van der Waals surface area (Å²) in [4.78, 5) is 4.30. The Kier molecular flexibility index (Phi) is 6.15. The number of aromatic nitrogens is 1. The maximum absolute atomic E-state index is 4.30. The standard InChI is InChI=1S/C41H31N/c1-2-9-30(10-3-1)40-36-12-4-6-14-38(36)41(39-15-7-5-13-37(39)40)34-23-22-32-25-31(20-21-33(32)26-34)28-16-18-29(19-17-28)35-11-8-24-42-27-35/h1-9,11-18,20-27,29-30H,10,19H2. The molecule has 5 aromatic carbocycles. The molecule has 2 unspecified atom stereocenters. The van der Waals surface area contributed by atoms with Gasteiger partial charge in [-0.2, -0.15) is 0 Å². The summed E-state index contributed by atoms with van der Waals surface area (Å²) in [6.45, 7) is 0. The first-order valence-electron chi connectivity index (χ1n) is 14.9. The van der Waals surface area contributed by atoms with E-state index in [2.05, 4.69) is 139 Å². The number of benzene rings is 5. The lowest BCUT2D eigenvalue weighted by Crippen LogP contribution is -2.00. The number of fused-ring (bicyclic) bond motifs is 3. The zero-order chi connectivity index (χ0) is 27.9. The van der Waals surface area contributed by atoms with Gasteiger partial charge in [0.15, 0.2) is 0 Å². The minimum absolute atomic E-state index is 0.386.